The largest absolute Gasteiger partial charge is 0.349 e. The van der Waals surface area contributed by atoms with Gasteiger partial charge in [0, 0.05) is 13.2 Å². The first kappa shape index (κ1) is 10.4. The molecule has 10 heavy (non-hydrogen) atoms. The summed E-state index contributed by atoms with van der Waals surface area (Å²) in [4.78, 5) is 0. The topological polar surface area (TPSA) is 18.5 Å². The Morgan fingerprint density at radius 3 is 2.10 bits per heavy atom. The summed E-state index contributed by atoms with van der Waals surface area (Å²) in [5, 5.41) is 0. The molecule has 2 nitrogen and oxygen atoms in total. The minimum Gasteiger partial charge on any atom is -0.349 e. The lowest BCUT2D eigenvalue weighted by Crippen LogP contribution is -2.13. The fourth-order valence-corrected chi connectivity index (χ4v) is 0.886. The van der Waals surface area contributed by atoms with Crippen LogP contribution in [0.5, 0.6) is 0 Å². The van der Waals surface area contributed by atoms with Crippen LogP contribution in [0.4, 0.5) is 0 Å². The molecule has 0 aromatic heterocycles. The minimum atomic E-state index is -0.160. The van der Waals surface area contributed by atoms with E-state index < -0.39 is 0 Å². The molecule has 0 atom stereocenters. The van der Waals surface area contributed by atoms with Crippen molar-refractivity contribution in [2.24, 2.45) is 0 Å². The Hall–Kier alpha value is 0.390. The van der Waals surface area contributed by atoms with Crippen LogP contribution in [0.25, 0.3) is 0 Å². The summed E-state index contributed by atoms with van der Waals surface area (Å²) >= 11 is 2.14. The SMILES string of the molecule is CCOC(/C=C\I)OCC. The Morgan fingerprint density at radius 1 is 1.30 bits per heavy atom. The summed E-state index contributed by atoms with van der Waals surface area (Å²) < 4.78 is 12.3. The van der Waals surface area contributed by atoms with Crippen molar-refractivity contribution < 1.29 is 9.47 Å². The van der Waals surface area contributed by atoms with Crippen LogP contribution in [-0.2, 0) is 9.47 Å². The first-order valence-electron chi connectivity index (χ1n) is 3.35. The summed E-state index contributed by atoms with van der Waals surface area (Å²) in [6.07, 6.45) is 1.72. The van der Waals surface area contributed by atoms with Gasteiger partial charge < -0.3 is 9.47 Å². The van der Waals surface area contributed by atoms with E-state index in [-0.39, 0.29) is 6.29 Å². The molecule has 0 radical (unpaired) electrons. The Morgan fingerprint density at radius 2 is 1.80 bits per heavy atom. The molecule has 0 aliphatic rings. The summed E-state index contributed by atoms with van der Waals surface area (Å²) in [7, 11) is 0. The van der Waals surface area contributed by atoms with Gasteiger partial charge in [-0.2, -0.15) is 0 Å². The molecule has 0 amide bonds. The highest BCUT2D eigenvalue weighted by Gasteiger charge is 1.99. The molecule has 0 fully saturated rings. The van der Waals surface area contributed by atoms with Gasteiger partial charge in [-0.3, -0.25) is 0 Å². The zero-order valence-electron chi connectivity index (χ0n) is 6.34. The van der Waals surface area contributed by atoms with Crippen molar-refractivity contribution in [2.75, 3.05) is 13.2 Å². The Labute approximate surface area is 75.7 Å². The number of halogens is 1. The van der Waals surface area contributed by atoms with Gasteiger partial charge in [0.25, 0.3) is 0 Å². The second kappa shape index (κ2) is 7.50. The Bertz CT molecular complexity index is 87.6. The minimum absolute atomic E-state index is 0.160. The van der Waals surface area contributed by atoms with Gasteiger partial charge in [-0.1, -0.05) is 22.6 Å². The van der Waals surface area contributed by atoms with Gasteiger partial charge in [-0.15, -0.1) is 0 Å². The average Bonchev–Trinajstić information content (AvgIpc) is 1.90. The molecule has 60 valence electrons. The monoisotopic (exact) mass is 256 g/mol. The predicted octanol–water partition coefficient (Wildman–Crippen LogP) is 2.33. The first-order valence-corrected chi connectivity index (χ1v) is 4.59. The van der Waals surface area contributed by atoms with E-state index in [2.05, 4.69) is 22.6 Å². The van der Waals surface area contributed by atoms with E-state index in [0.29, 0.717) is 13.2 Å². The van der Waals surface area contributed by atoms with Gasteiger partial charge in [-0.25, -0.2) is 0 Å². The van der Waals surface area contributed by atoms with Crippen molar-refractivity contribution in [3.05, 3.63) is 10.2 Å². The average molecular weight is 256 g/mol. The third-order valence-corrected chi connectivity index (χ3v) is 1.31. The maximum Gasteiger partial charge on any atom is 0.177 e. The molecule has 0 bridgehead atoms. The molecule has 0 rings (SSSR count). The maximum atomic E-state index is 5.21. The van der Waals surface area contributed by atoms with E-state index in [4.69, 9.17) is 9.47 Å². The van der Waals surface area contributed by atoms with Crippen LogP contribution in [0.15, 0.2) is 10.2 Å². The standard InChI is InChI=1S/C7H13IO2/c1-3-9-7(5-6-8)10-4-2/h5-7H,3-4H2,1-2H3/b6-5-. The summed E-state index contributed by atoms with van der Waals surface area (Å²) in [5.41, 5.74) is 0. The number of rotatable bonds is 5. The van der Waals surface area contributed by atoms with Crippen molar-refractivity contribution in [3.63, 3.8) is 0 Å². The fourth-order valence-electron chi connectivity index (χ4n) is 0.547. The number of ether oxygens (including phenoxy) is 2. The van der Waals surface area contributed by atoms with E-state index in [9.17, 15) is 0 Å². The van der Waals surface area contributed by atoms with Crippen molar-refractivity contribution >= 4 is 22.6 Å². The third kappa shape index (κ3) is 5.20. The molecule has 0 aromatic carbocycles. The van der Waals surface area contributed by atoms with Crippen molar-refractivity contribution in [3.8, 4) is 0 Å². The van der Waals surface area contributed by atoms with Crippen LogP contribution < -0.4 is 0 Å². The first-order chi connectivity index (χ1) is 4.85. The molecular formula is C7H13IO2. The van der Waals surface area contributed by atoms with Gasteiger partial charge in [0.2, 0.25) is 0 Å². The molecule has 0 aromatic rings. The zero-order valence-corrected chi connectivity index (χ0v) is 8.50. The molecule has 0 aliphatic heterocycles. The predicted molar refractivity (Wildman–Crippen MR) is 50.2 cm³/mol. The smallest absolute Gasteiger partial charge is 0.177 e. The lowest BCUT2D eigenvalue weighted by Gasteiger charge is -2.11. The van der Waals surface area contributed by atoms with E-state index in [0.717, 1.165) is 0 Å². The van der Waals surface area contributed by atoms with E-state index in [1.165, 1.54) is 0 Å². The normalized spacial score (nSPS) is 11.6. The summed E-state index contributed by atoms with van der Waals surface area (Å²) in [5.74, 6) is 0. The molecule has 0 aliphatic carbocycles. The van der Waals surface area contributed by atoms with Gasteiger partial charge in [0.15, 0.2) is 6.29 Å². The highest BCUT2D eigenvalue weighted by Crippen LogP contribution is 1.98. The summed E-state index contributed by atoms with van der Waals surface area (Å²) in [6, 6.07) is 0. The summed E-state index contributed by atoms with van der Waals surface area (Å²) in [6.45, 7) is 5.28. The van der Waals surface area contributed by atoms with Crippen molar-refractivity contribution in [1.29, 1.82) is 0 Å². The van der Waals surface area contributed by atoms with E-state index in [1.807, 2.05) is 24.0 Å². The quantitative estimate of drug-likeness (QED) is 0.555. The zero-order chi connectivity index (χ0) is 7.82. The molecule has 0 spiro atoms. The van der Waals surface area contributed by atoms with E-state index >= 15 is 0 Å². The molecule has 0 N–H and O–H groups in total. The van der Waals surface area contributed by atoms with Crippen LogP contribution in [0, 0.1) is 0 Å². The number of hydrogen-bond donors (Lipinski definition) is 0. The van der Waals surface area contributed by atoms with Crippen LogP contribution in [0.3, 0.4) is 0 Å². The van der Waals surface area contributed by atoms with Crippen LogP contribution in [0.1, 0.15) is 13.8 Å². The molecule has 0 unspecified atom stereocenters. The van der Waals surface area contributed by atoms with E-state index in [1.54, 1.807) is 0 Å². The van der Waals surface area contributed by atoms with Crippen molar-refractivity contribution in [2.45, 2.75) is 20.1 Å². The molecular weight excluding hydrogens is 243 g/mol. The molecule has 0 saturated heterocycles. The highest BCUT2D eigenvalue weighted by atomic mass is 127. The second-order valence-electron chi connectivity index (χ2n) is 1.60. The Balaban J connectivity index is 3.50. The molecule has 0 saturated carbocycles. The number of hydrogen-bond acceptors (Lipinski definition) is 2. The van der Waals surface area contributed by atoms with Crippen LogP contribution in [-0.4, -0.2) is 19.5 Å². The fraction of sp³-hybridized carbons (Fsp3) is 0.714. The molecule has 3 heteroatoms. The van der Waals surface area contributed by atoms with Gasteiger partial charge in [0.05, 0.1) is 0 Å². The van der Waals surface area contributed by atoms with Crippen LogP contribution >= 0.6 is 22.6 Å². The Kier molecular flexibility index (Phi) is 7.79. The van der Waals surface area contributed by atoms with Gasteiger partial charge in [0.1, 0.15) is 0 Å². The van der Waals surface area contributed by atoms with Crippen molar-refractivity contribution in [1.82, 2.24) is 0 Å². The maximum absolute atomic E-state index is 5.21. The lowest BCUT2D eigenvalue weighted by atomic mass is 10.6. The highest BCUT2D eigenvalue weighted by molar-refractivity contribution is 14.1. The van der Waals surface area contributed by atoms with Crippen LogP contribution in [0.2, 0.25) is 0 Å². The third-order valence-electron chi connectivity index (χ3n) is 0.892. The second-order valence-corrected chi connectivity index (χ2v) is 2.32. The van der Waals surface area contributed by atoms with Gasteiger partial charge in [-0.05, 0) is 24.0 Å². The molecule has 0 heterocycles. The van der Waals surface area contributed by atoms with Gasteiger partial charge >= 0.3 is 0 Å². The lowest BCUT2D eigenvalue weighted by molar-refractivity contribution is -0.103.